The lowest BCUT2D eigenvalue weighted by Crippen LogP contribution is -2.51. The van der Waals surface area contributed by atoms with Gasteiger partial charge in [0, 0.05) is 26.2 Å². The zero-order valence-corrected chi connectivity index (χ0v) is 17.4. The predicted molar refractivity (Wildman–Crippen MR) is 109 cm³/mol. The Bertz CT molecular complexity index is 593. The molecule has 2 rings (SSSR count). The topological polar surface area (TPSA) is 43.9 Å². The SMILES string of the molecule is CCN(CC)C(=O)CN(C)C(C)C(=O)N1CCC(Cc2ccccc2)CC1. The van der Waals surface area contributed by atoms with Crippen LogP contribution in [-0.2, 0) is 16.0 Å². The number of nitrogens with zero attached hydrogens (tertiary/aromatic N) is 3. The molecule has 1 aromatic rings. The highest BCUT2D eigenvalue weighted by Gasteiger charge is 2.29. The van der Waals surface area contributed by atoms with Gasteiger partial charge in [0.15, 0.2) is 0 Å². The van der Waals surface area contributed by atoms with Crippen LogP contribution in [0.3, 0.4) is 0 Å². The maximum absolute atomic E-state index is 12.9. The van der Waals surface area contributed by atoms with E-state index in [0.29, 0.717) is 25.6 Å². The van der Waals surface area contributed by atoms with E-state index in [4.69, 9.17) is 0 Å². The standard InChI is InChI=1S/C22H35N3O2/c1-5-24(6-2)21(26)17-23(4)18(3)22(27)25-14-12-20(13-15-25)16-19-10-8-7-9-11-19/h7-11,18,20H,5-6,12-17H2,1-4H3. The molecule has 27 heavy (non-hydrogen) atoms. The summed E-state index contributed by atoms with van der Waals surface area (Å²) in [5.74, 6) is 0.875. The molecule has 0 aromatic heterocycles. The van der Waals surface area contributed by atoms with E-state index in [9.17, 15) is 9.59 Å². The zero-order chi connectivity index (χ0) is 19.8. The molecule has 0 N–H and O–H groups in total. The molecule has 0 saturated carbocycles. The molecule has 5 heteroatoms. The third-order valence-corrected chi connectivity index (χ3v) is 5.81. The number of benzene rings is 1. The van der Waals surface area contributed by atoms with Crippen LogP contribution in [0.2, 0.25) is 0 Å². The molecule has 1 fully saturated rings. The van der Waals surface area contributed by atoms with Crippen LogP contribution in [0.4, 0.5) is 0 Å². The number of carbonyl (C=O) groups excluding carboxylic acids is 2. The lowest BCUT2D eigenvalue weighted by molar-refractivity contribution is -0.139. The summed E-state index contributed by atoms with van der Waals surface area (Å²) < 4.78 is 0. The van der Waals surface area contributed by atoms with Gasteiger partial charge in [-0.25, -0.2) is 0 Å². The minimum atomic E-state index is -0.268. The third kappa shape index (κ3) is 6.06. The number of rotatable bonds is 8. The first-order valence-electron chi connectivity index (χ1n) is 10.3. The molecule has 0 radical (unpaired) electrons. The summed E-state index contributed by atoms with van der Waals surface area (Å²) in [6, 6.07) is 10.3. The minimum Gasteiger partial charge on any atom is -0.342 e. The van der Waals surface area contributed by atoms with Gasteiger partial charge in [0.2, 0.25) is 11.8 Å². The molecule has 1 saturated heterocycles. The highest BCUT2D eigenvalue weighted by atomic mass is 16.2. The van der Waals surface area contributed by atoms with E-state index in [1.807, 2.05) is 48.6 Å². The van der Waals surface area contributed by atoms with Crippen LogP contribution >= 0.6 is 0 Å². The summed E-state index contributed by atoms with van der Waals surface area (Å²) in [6.45, 7) is 9.22. The largest absolute Gasteiger partial charge is 0.342 e. The maximum atomic E-state index is 12.9. The van der Waals surface area contributed by atoms with Crippen molar-refractivity contribution in [2.24, 2.45) is 5.92 Å². The molecule has 1 heterocycles. The first-order chi connectivity index (χ1) is 13.0. The van der Waals surface area contributed by atoms with Crippen LogP contribution in [0.15, 0.2) is 30.3 Å². The molecule has 0 aliphatic carbocycles. The molecule has 2 amide bonds. The van der Waals surface area contributed by atoms with Gasteiger partial charge in [0.25, 0.3) is 0 Å². The average molecular weight is 374 g/mol. The smallest absolute Gasteiger partial charge is 0.239 e. The summed E-state index contributed by atoms with van der Waals surface area (Å²) in [6.07, 6.45) is 3.20. The van der Waals surface area contributed by atoms with Crippen LogP contribution in [0.25, 0.3) is 0 Å². The molecule has 150 valence electrons. The Labute approximate surface area is 164 Å². The summed E-state index contributed by atoms with van der Waals surface area (Å²) >= 11 is 0. The van der Waals surface area contributed by atoms with Crippen molar-refractivity contribution in [1.29, 1.82) is 0 Å². The Morgan fingerprint density at radius 2 is 1.70 bits per heavy atom. The van der Waals surface area contributed by atoms with Crippen molar-refractivity contribution in [3.63, 3.8) is 0 Å². The van der Waals surface area contributed by atoms with Crippen molar-refractivity contribution in [1.82, 2.24) is 14.7 Å². The lowest BCUT2D eigenvalue weighted by atomic mass is 9.90. The van der Waals surface area contributed by atoms with E-state index in [1.165, 1.54) is 5.56 Å². The normalized spacial score (nSPS) is 16.4. The van der Waals surface area contributed by atoms with Gasteiger partial charge < -0.3 is 9.80 Å². The van der Waals surface area contributed by atoms with E-state index in [0.717, 1.165) is 32.4 Å². The Morgan fingerprint density at radius 1 is 1.11 bits per heavy atom. The fourth-order valence-corrected chi connectivity index (χ4v) is 3.78. The second-order valence-corrected chi connectivity index (χ2v) is 7.62. The number of hydrogen-bond acceptors (Lipinski definition) is 3. The number of hydrogen-bond donors (Lipinski definition) is 0. The highest BCUT2D eigenvalue weighted by molar-refractivity contribution is 5.83. The first kappa shape index (κ1) is 21.4. The summed E-state index contributed by atoms with van der Waals surface area (Å²) in [4.78, 5) is 30.8. The Kier molecular flexibility index (Phi) is 8.29. The van der Waals surface area contributed by atoms with Crippen LogP contribution in [0.1, 0.15) is 39.2 Å². The number of likely N-dealkylation sites (tertiary alicyclic amines) is 1. The lowest BCUT2D eigenvalue weighted by Gasteiger charge is -2.36. The van der Waals surface area contributed by atoms with E-state index < -0.39 is 0 Å². The molecular weight excluding hydrogens is 338 g/mol. The van der Waals surface area contributed by atoms with Crippen LogP contribution in [-0.4, -0.2) is 72.3 Å². The fourth-order valence-electron chi connectivity index (χ4n) is 3.78. The minimum absolute atomic E-state index is 0.0868. The van der Waals surface area contributed by atoms with Crippen molar-refractivity contribution in [2.75, 3.05) is 39.8 Å². The van der Waals surface area contributed by atoms with Crippen LogP contribution in [0.5, 0.6) is 0 Å². The fraction of sp³-hybridized carbons (Fsp3) is 0.636. The van der Waals surface area contributed by atoms with Gasteiger partial charge in [-0.05, 0) is 58.6 Å². The zero-order valence-electron chi connectivity index (χ0n) is 17.4. The molecule has 1 aliphatic rings. The Morgan fingerprint density at radius 3 is 2.26 bits per heavy atom. The summed E-state index contributed by atoms with van der Waals surface area (Å²) in [5.41, 5.74) is 1.38. The van der Waals surface area contributed by atoms with E-state index in [1.54, 1.807) is 0 Å². The molecular formula is C22H35N3O2. The molecule has 1 aliphatic heterocycles. The van der Waals surface area contributed by atoms with Crippen LogP contribution in [0, 0.1) is 5.92 Å². The number of amides is 2. The van der Waals surface area contributed by atoms with Crippen molar-refractivity contribution >= 4 is 11.8 Å². The molecule has 1 aromatic carbocycles. The monoisotopic (exact) mass is 373 g/mol. The predicted octanol–water partition coefficient (Wildman–Crippen LogP) is 2.66. The van der Waals surface area contributed by atoms with Crippen molar-refractivity contribution < 1.29 is 9.59 Å². The van der Waals surface area contributed by atoms with Gasteiger partial charge in [-0.3, -0.25) is 14.5 Å². The molecule has 5 nitrogen and oxygen atoms in total. The second-order valence-electron chi connectivity index (χ2n) is 7.62. The second kappa shape index (κ2) is 10.5. The molecule has 0 bridgehead atoms. The van der Waals surface area contributed by atoms with E-state index in [-0.39, 0.29) is 17.9 Å². The quantitative estimate of drug-likeness (QED) is 0.704. The average Bonchev–Trinajstić information content (AvgIpc) is 2.69. The summed E-state index contributed by atoms with van der Waals surface area (Å²) in [5, 5.41) is 0. The van der Waals surface area contributed by atoms with Gasteiger partial charge in [0.05, 0.1) is 12.6 Å². The Hall–Kier alpha value is -1.88. The molecule has 1 unspecified atom stereocenters. The van der Waals surface area contributed by atoms with Crippen molar-refractivity contribution in [3.05, 3.63) is 35.9 Å². The molecule has 0 spiro atoms. The van der Waals surface area contributed by atoms with Crippen molar-refractivity contribution in [3.8, 4) is 0 Å². The van der Waals surface area contributed by atoms with E-state index in [2.05, 4.69) is 24.3 Å². The summed E-state index contributed by atoms with van der Waals surface area (Å²) in [7, 11) is 1.87. The first-order valence-corrected chi connectivity index (χ1v) is 10.3. The number of piperidine rings is 1. The molecule has 1 atom stereocenters. The maximum Gasteiger partial charge on any atom is 0.239 e. The van der Waals surface area contributed by atoms with Gasteiger partial charge >= 0.3 is 0 Å². The Balaban J connectivity index is 1.81. The van der Waals surface area contributed by atoms with Gasteiger partial charge in [0.1, 0.15) is 0 Å². The van der Waals surface area contributed by atoms with Gasteiger partial charge in [-0.2, -0.15) is 0 Å². The number of carbonyl (C=O) groups is 2. The number of likely N-dealkylation sites (N-methyl/N-ethyl adjacent to an activating group) is 2. The third-order valence-electron chi connectivity index (χ3n) is 5.81. The van der Waals surface area contributed by atoms with Crippen molar-refractivity contribution in [2.45, 2.75) is 46.1 Å². The van der Waals surface area contributed by atoms with Crippen LogP contribution < -0.4 is 0 Å². The highest BCUT2D eigenvalue weighted by Crippen LogP contribution is 2.22. The van der Waals surface area contributed by atoms with Gasteiger partial charge in [-0.15, -0.1) is 0 Å². The van der Waals surface area contributed by atoms with Gasteiger partial charge in [-0.1, -0.05) is 30.3 Å². The van der Waals surface area contributed by atoms with E-state index >= 15 is 0 Å².